The van der Waals surface area contributed by atoms with Gasteiger partial charge in [-0.1, -0.05) is 0 Å². The summed E-state index contributed by atoms with van der Waals surface area (Å²) in [4.78, 5) is 12.4. The lowest BCUT2D eigenvalue weighted by Gasteiger charge is -2.47. The molecule has 3 rings (SSSR count). The third-order valence-electron chi connectivity index (χ3n) is 5.30. The number of rotatable bonds is 5. The van der Waals surface area contributed by atoms with Crippen LogP contribution >= 0.6 is 0 Å². The van der Waals surface area contributed by atoms with Gasteiger partial charge in [0.15, 0.2) is 0 Å². The smallest absolute Gasteiger partial charge is 0.136 e. The van der Waals surface area contributed by atoms with Gasteiger partial charge >= 0.3 is 0 Å². The number of ether oxygens (including phenoxy) is 2. The largest absolute Gasteiger partial charge is 0.378 e. The molecule has 0 radical (unpaired) electrons. The van der Waals surface area contributed by atoms with E-state index >= 15 is 0 Å². The van der Waals surface area contributed by atoms with Gasteiger partial charge in [0, 0.05) is 25.6 Å². The highest BCUT2D eigenvalue weighted by molar-refractivity contribution is 5.81. The summed E-state index contributed by atoms with van der Waals surface area (Å²) in [7, 11) is 0. The van der Waals surface area contributed by atoms with Crippen LogP contribution in [-0.2, 0) is 14.3 Å². The van der Waals surface area contributed by atoms with Crippen molar-refractivity contribution >= 4 is 5.78 Å². The summed E-state index contributed by atoms with van der Waals surface area (Å²) in [5.74, 6) is 1.36. The Labute approximate surface area is 116 Å². The molecule has 2 aliphatic carbocycles. The first-order valence-corrected chi connectivity index (χ1v) is 7.99. The highest BCUT2D eigenvalue weighted by atomic mass is 16.5. The molecular formula is C16H26O3. The Morgan fingerprint density at radius 1 is 1.37 bits per heavy atom. The van der Waals surface area contributed by atoms with Crippen LogP contribution in [0.25, 0.3) is 0 Å². The van der Waals surface area contributed by atoms with Crippen LogP contribution < -0.4 is 0 Å². The molecule has 0 amide bonds. The number of ketones is 1. The number of Topliss-reactive ketones (excluding diaryl/α,β-unsaturated/α-hetero) is 1. The third-order valence-corrected chi connectivity index (χ3v) is 5.30. The molecular weight excluding hydrogens is 240 g/mol. The van der Waals surface area contributed by atoms with E-state index in [1.165, 1.54) is 19.3 Å². The van der Waals surface area contributed by atoms with E-state index < -0.39 is 0 Å². The average molecular weight is 266 g/mol. The Hall–Kier alpha value is -0.410. The van der Waals surface area contributed by atoms with Gasteiger partial charge in [0.2, 0.25) is 0 Å². The molecule has 0 bridgehead atoms. The van der Waals surface area contributed by atoms with Crippen molar-refractivity contribution in [3.63, 3.8) is 0 Å². The fourth-order valence-corrected chi connectivity index (χ4v) is 3.89. The van der Waals surface area contributed by atoms with E-state index in [1.54, 1.807) is 0 Å². The molecule has 3 nitrogen and oxygen atoms in total. The molecule has 0 aromatic rings. The number of carbonyl (C=O) groups excluding carboxylic acids is 1. The zero-order valence-electron chi connectivity index (χ0n) is 12.0. The quantitative estimate of drug-likeness (QED) is 0.767. The lowest BCUT2D eigenvalue weighted by atomic mass is 9.69. The van der Waals surface area contributed by atoms with Crippen molar-refractivity contribution in [1.29, 1.82) is 0 Å². The molecule has 2 saturated carbocycles. The Kier molecular flexibility index (Phi) is 3.95. The van der Waals surface area contributed by atoms with Crippen LogP contribution in [0.1, 0.15) is 58.3 Å². The summed E-state index contributed by atoms with van der Waals surface area (Å²) in [6, 6.07) is 0. The van der Waals surface area contributed by atoms with Crippen molar-refractivity contribution in [3.05, 3.63) is 0 Å². The molecule has 3 fully saturated rings. The summed E-state index contributed by atoms with van der Waals surface area (Å²) in [5, 5.41) is 0. The first-order valence-electron chi connectivity index (χ1n) is 7.99. The minimum Gasteiger partial charge on any atom is -0.378 e. The van der Waals surface area contributed by atoms with Gasteiger partial charge in [0.1, 0.15) is 5.78 Å². The van der Waals surface area contributed by atoms with Gasteiger partial charge in [-0.3, -0.25) is 4.79 Å². The molecule has 1 atom stereocenters. The molecule has 1 saturated heterocycles. The fourth-order valence-electron chi connectivity index (χ4n) is 3.89. The fraction of sp³-hybridized carbons (Fsp3) is 0.938. The van der Waals surface area contributed by atoms with Crippen LogP contribution in [0.5, 0.6) is 0 Å². The van der Waals surface area contributed by atoms with Gasteiger partial charge in [-0.05, 0) is 57.8 Å². The van der Waals surface area contributed by atoms with Crippen molar-refractivity contribution in [2.24, 2.45) is 11.8 Å². The van der Waals surface area contributed by atoms with Crippen molar-refractivity contribution in [3.8, 4) is 0 Å². The summed E-state index contributed by atoms with van der Waals surface area (Å²) >= 11 is 0. The first kappa shape index (κ1) is 13.6. The predicted molar refractivity (Wildman–Crippen MR) is 73.0 cm³/mol. The monoisotopic (exact) mass is 266 g/mol. The van der Waals surface area contributed by atoms with Gasteiger partial charge in [-0.15, -0.1) is 0 Å². The average Bonchev–Trinajstić information content (AvgIpc) is 2.34. The summed E-state index contributed by atoms with van der Waals surface area (Å²) < 4.78 is 11.5. The zero-order chi connectivity index (χ0) is 13.3. The minimum absolute atomic E-state index is 0.103. The summed E-state index contributed by atoms with van der Waals surface area (Å²) in [5.41, 5.74) is 0.103. The van der Waals surface area contributed by atoms with E-state index in [2.05, 4.69) is 0 Å². The van der Waals surface area contributed by atoms with Gasteiger partial charge in [-0.25, -0.2) is 0 Å². The van der Waals surface area contributed by atoms with Crippen LogP contribution in [0, 0.1) is 11.8 Å². The van der Waals surface area contributed by atoms with Gasteiger partial charge < -0.3 is 9.47 Å². The Bertz CT molecular complexity index is 329. The Morgan fingerprint density at radius 3 is 2.79 bits per heavy atom. The highest BCUT2D eigenvalue weighted by Crippen LogP contribution is 2.45. The lowest BCUT2D eigenvalue weighted by Crippen LogP contribution is -2.47. The van der Waals surface area contributed by atoms with E-state index in [0.717, 1.165) is 45.3 Å². The molecule has 1 heterocycles. The maximum atomic E-state index is 12.4. The highest BCUT2D eigenvalue weighted by Gasteiger charge is 2.44. The van der Waals surface area contributed by atoms with Crippen LogP contribution in [0.15, 0.2) is 0 Å². The molecule has 0 aromatic heterocycles. The van der Waals surface area contributed by atoms with Crippen LogP contribution in [0.4, 0.5) is 0 Å². The van der Waals surface area contributed by atoms with Crippen LogP contribution in [-0.4, -0.2) is 30.7 Å². The van der Waals surface area contributed by atoms with Gasteiger partial charge in [0.25, 0.3) is 0 Å². The van der Waals surface area contributed by atoms with Crippen molar-refractivity contribution < 1.29 is 14.3 Å². The molecule has 108 valence electrons. The van der Waals surface area contributed by atoms with Crippen LogP contribution in [0.2, 0.25) is 0 Å². The number of carbonyl (C=O) groups is 1. The second kappa shape index (κ2) is 5.53. The van der Waals surface area contributed by atoms with Gasteiger partial charge in [0.05, 0.1) is 11.7 Å². The van der Waals surface area contributed by atoms with Crippen LogP contribution in [0.3, 0.4) is 0 Å². The number of hydrogen-bond acceptors (Lipinski definition) is 3. The van der Waals surface area contributed by atoms with E-state index in [1.807, 2.05) is 6.92 Å². The molecule has 0 N–H and O–H groups in total. The maximum Gasteiger partial charge on any atom is 0.136 e. The summed E-state index contributed by atoms with van der Waals surface area (Å²) in [6.45, 7) is 3.63. The second-order valence-electron chi connectivity index (χ2n) is 6.66. The number of hydrogen-bond donors (Lipinski definition) is 0. The van der Waals surface area contributed by atoms with E-state index in [-0.39, 0.29) is 11.5 Å². The topological polar surface area (TPSA) is 35.5 Å². The first-order chi connectivity index (χ1) is 9.21. The minimum atomic E-state index is 0.103. The predicted octanol–water partition coefficient (Wildman–Crippen LogP) is 3.11. The molecule has 0 aromatic carbocycles. The molecule has 3 aliphatic rings. The van der Waals surface area contributed by atoms with E-state index in [9.17, 15) is 4.79 Å². The molecule has 1 spiro atoms. The SMILES string of the molecule is CCOC1CC(CC(=O)C2CCOC3(CCC3)C2)C1. The van der Waals surface area contributed by atoms with Crippen molar-refractivity contribution in [2.45, 2.75) is 70.0 Å². The van der Waals surface area contributed by atoms with Gasteiger partial charge in [-0.2, -0.15) is 0 Å². The zero-order valence-corrected chi connectivity index (χ0v) is 12.0. The molecule has 1 unspecified atom stereocenters. The maximum absolute atomic E-state index is 12.4. The molecule has 3 heteroatoms. The normalized spacial score (nSPS) is 36.6. The Morgan fingerprint density at radius 2 is 2.16 bits per heavy atom. The van der Waals surface area contributed by atoms with E-state index in [4.69, 9.17) is 9.47 Å². The molecule has 19 heavy (non-hydrogen) atoms. The standard InChI is InChI=1S/C16H26O3/c1-2-18-14-8-12(9-14)10-15(17)13-4-7-19-16(11-13)5-3-6-16/h12-14H,2-11H2,1H3. The Balaban J connectivity index is 1.43. The van der Waals surface area contributed by atoms with Crippen molar-refractivity contribution in [2.75, 3.05) is 13.2 Å². The third kappa shape index (κ3) is 2.87. The second-order valence-corrected chi connectivity index (χ2v) is 6.66. The lowest BCUT2D eigenvalue weighted by molar-refractivity contribution is -0.157. The summed E-state index contributed by atoms with van der Waals surface area (Å²) in [6.07, 6.45) is 8.95. The van der Waals surface area contributed by atoms with Crippen molar-refractivity contribution in [1.82, 2.24) is 0 Å². The van der Waals surface area contributed by atoms with E-state index in [0.29, 0.717) is 17.8 Å². The molecule has 1 aliphatic heterocycles.